The molecule has 0 saturated heterocycles. The van der Waals surface area contributed by atoms with Gasteiger partial charge in [-0.25, -0.2) is 0 Å². The molecule has 3 nitrogen and oxygen atoms in total. The summed E-state index contributed by atoms with van der Waals surface area (Å²) in [6.07, 6.45) is 1.79. The van der Waals surface area contributed by atoms with Gasteiger partial charge in [-0.05, 0) is 37.1 Å². The molecule has 0 radical (unpaired) electrons. The molecule has 0 aliphatic heterocycles. The van der Waals surface area contributed by atoms with Gasteiger partial charge in [0.1, 0.15) is 11.5 Å². The van der Waals surface area contributed by atoms with E-state index in [4.69, 9.17) is 10.2 Å². The fourth-order valence-corrected chi connectivity index (χ4v) is 1.85. The predicted octanol–water partition coefficient (Wildman–Crippen LogP) is 5.02. The molecule has 0 aliphatic rings. The van der Waals surface area contributed by atoms with Crippen LogP contribution >= 0.6 is 24.8 Å². The monoisotopic (exact) mass is 427 g/mol. The number of para-hydroxylation sites is 2. The minimum absolute atomic E-state index is 0. The van der Waals surface area contributed by atoms with Gasteiger partial charge in [0.05, 0.1) is 0 Å². The second-order valence-electron chi connectivity index (χ2n) is 4.97. The fraction of sp³-hybridized carbons (Fsp3) is 0.100. The zero-order chi connectivity index (χ0) is 17.8. The zero-order valence-corrected chi connectivity index (χ0v) is 17.9. The number of halogens is 2. The van der Waals surface area contributed by atoms with Gasteiger partial charge in [0.2, 0.25) is 0 Å². The van der Waals surface area contributed by atoms with E-state index in [-0.39, 0.29) is 24.8 Å². The average Bonchev–Trinajstić information content (AvgIpc) is 2.62. The van der Waals surface area contributed by atoms with Gasteiger partial charge in [0, 0.05) is 0 Å². The van der Waals surface area contributed by atoms with Crippen molar-refractivity contribution >= 4 is 29.1 Å². The van der Waals surface area contributed by atoms with Crippen LogP contribution in [0.2, 0.25) is 0 Å². The summed E-state index contributed by atoms with van der Waals surface area (Å²) in [5.41, 5.74) is 2.88. The molecule has 1 heterocycles. The first-order valence-corrected chi connectivity index (χ1v) is 8.35. The van der Waals surface area contributed by atoms with Crippen molar-refractivity contribution in [2.24, 2.45) is 0 Å². The Kier molecular flexibility index (Phi) is 15.9. The zero-order valence-electron chi connectivity index (χ0n) is 14.7. The van der Waals surface area contributed by atoms with E-state index >= 15 is 0 Å². The van der Waals surface area contributed by atoms with Gasteiger partial charge in [-0.15, -0.1) is 24.8 Å². The molecule has 6 heteroatoms. The van der Waals surface area contributed by atoms with Crippen LogP contribution in [-0.4, -0.2) is 19.5 Å². The Morgan fingerprint density at radius 2 is 1.15 bits per heavy atom. The van der Waals surface area contributed by atoms with E-state index in [1.54, 1.807) is 18.3 Å². The summed E-state index contributed by atoms with van der Waals surface area (Å²) in [6.45, 7) is 3.74. The molecule has 2 aromatic carbocycles. The maximum absolute atomic E-state index is 8.92. The van der Waals surface area contributed by atoms with Crippen molar-refractivity contribution in [3.63, 3.8) is 0 Å². The van der Waals surface area contributed by atoms with Crippen LogP contribution in [0.4, 0.5) is 0 Å². The SMILES string of the molecule is Cc1ccccc1O.Cc1ccccc1O.Cl.Cl.[Ti]=[CH]c1ccccn1. The average molecular weight is 428 g/mol. The summed E-state index contributed by atoms with van der Waals surface area (Å²) in [6, 6.07) is 20.4. The first kappa shape index (κ1) is 26.6. The number of aromatic hydroxyl groups is 2. The second-order valence-corrected chi connectivity index (χ2v) is 5.42. The predicted molar refractivity (Wildman–Crippen MR) is 110 cm³/mol. The van der Waals surface area contributed by atoms with E-state index in [9.17, 15) is 0 Å². The molecule has 2 N–H and O–H groups in total. The minimum atomic E-state index is 0. The molecule has 0 spiro atoms. The number of phenols is 2. The molecule has 0 unspecified atom stereocenters. The van der Waals surface area contributed by atoms with Crippen molar-refractivity contribution in [2.75, 3.05) is 0 Å². The summed E-state index contributed by atoms with van der Waals surface area (Å²) in [4.78, 5) is 4.04. The molecule has 0 amide bonds. The van der Waals surface area contributed by atoms with Crippen LogP contribution in [-0.2, 0) is 20.0 Å². The molecule has 0 bridgehead atoms. The quantitative estimate of drug-likeness (QED) is 0.535. The third-order valence-electron chi connectivity index (χ3n) is 3.07. The van der Waals surface area contributed by atoms with Crippen LogP contribution in [0.15, 0.2) is 72.9 Å². The Morgan fingerprint density at radius 3 is 1.38 bits per heavy atom. The van der Waals surface area contributed by atoms with Crippen molar-refractivity contribution in [1.29, 1.82) is 0 Å². The van der Waals surface area contributed by atoms with E-state index in [1.807, 2.05) is 92.7 Å². The van der Waals surface area contributed by atoms with Crippen LogP contribution in [0.3, 0.4) is 0 Å². The van der Waals surface area contributed by atoms with E-state index in [0.29, 0.717) is 11.5 Å². The molecule has 0 atom stereocenters. The molecular formula is C20H23Cl2NO2Ti. The Morgan fingerprint density at radius 1 is 0.731 bits per heavy atom. The van der Waals surface area contributed by atoms with Crippen LogP contribution in [0.1, 0.15) is 16.8 Å². The molecule has 138 valence electrons. The Labute approximate surface area is 178 Å². The standard InChI is InChI=1S/2C7H8O.C6H5N.2ClH.Ti/c2*1-6-4-2-3-5-7(6)8;1-6-4-2-3-5-7-6;;;/h2*2-5,8H,1H3;1-5H;2*1H;. The third-order valence-corrected chi connectivity index (χ3v) is 3.53. The molecule has 3 aromatic rings. The third kappa shape index (κ3) is 11.1. The first-order chi connectivity index (χ1) is 11.5. The van der Waals surface area contributed by atoms with Crippen molar-refractivity contribution in [2.45, 2.75) is 13.8 Å². The summed E-state index contributed by atoms with van der Waals surface area (Å²) in [5, 5.41) is 17.8. The van der Waals surface area contributed by atoms with Crippen molar-refractivity contribution in [3.8, 4) is 11.5 Å². The van der Waals surface area contributed by atoms with Gasteiger partial charge < -0.3 is 10.2 Å². The number of hydrogen-bond donors (Lipinski definition) is 2. The molecule has 3 rings (SSSR count). The summed E-state index contributed by atoms with van der Waals surface area (Å²) < 4.78 is 1.97. The number of benzene rings is 2. The summed E-state index contributed by atoms with van der Waals surface area (Å²) in [5.74, 6) is 0.736. The Bertz CT molecular complexity index is 670. The van der Waals surface area contributed by atoms with Gasteiger partial charge in [-0.1, -0.05) is 36.4 Å². The number of aromatic nitrogens is 1. The van der Waals surface area contributed by atoms with Crippen LogP contribution < -0.4 is 0 Å². The molecule has 0 aliphatic carbocycles. The Balaban J connectivity index is 0. The van der Waals surface area contributed by atoms with Crippen LogP contribution in [0, 0.1) is 13.8 Å². The number of nitrogens with zero attached hydrogens (tertiary/aromatic N) is 1. The van der Waals surface area contributed by atoms with Crippen molar-refractivity contribution in [1.82, 2.24) is 4.98 Å². The first-order valence-electron chi connectivity index (χ1n) is 7.45. The van der Waals surface area contributed by atoms with Crippen LogP contribution in [0.5, 0.6) is 11.5 Å². The Hall–Kier alpha value is -1.65. The number of rotatable bonds is 1. The molecule has 26 heavy (non-hydrogen) atoms. The second kappa shape index (κ2) is 15.6. The van der Waals surface area contributed by atoms with Gasteiger partial charge in [0.15, 0.2) is 0 Å². The van der Waals surface area contributed by atoms with E-state index in [2.05, 4.69) is 4.98 Å². The van der Waals surface area contributed by atoms with Gasteiger partial charge in [0.25, 0.3) is 0 Å². The molecule has 0 fully saturated rings. The van der Waals surface area contributed by atoms with E-state index < -0.39 is 0 Å². The van der Waals surface area contributed by atoms with Crippen LogP contribution in [0.25, 0.3) is 0 Å². The number of pyridine rings is 1. The number of aryl methyl sites for hydroxylation is 2. The van der Waals surface area contributed by atoms with E-state index in [0.717, 1.165) is 16.8 Å². The molecule has 1 aromatic heterocycles. The number of phenolic OH excluding ortho intramolecular Hbond substituents is 2. The normalized spacial score (nSPS) is 8.19. The topological polar surface area (TPSA) is 53.4 Å². The van der Waals surface area contributed by atoms with Gasteiger partial charge in [-0.2, -0.15) is 0 Å². The van der Waals surface area contributed by atoms with Crippen molar-refractivity contribution in [3.05, 3.63) is 89.7 Å². The van der Waals surface area contributed by atoms with E-state index in [1.165, 1.54) is 0 Å². The van der Waals surface area contributed by atoms with Gasteiger partial charge in [-0.3, -0.25) is 0 Å². The summed E-state index contributed by atoms with van der Waals surface area (Å²) in [7, 11) is 0. The summed E-state index contributed by atoms with van der Waals surface area (Å²) >= 11 is 1.97. The number of hydrogen-bond acceptors (Lipinski definition) is 3. The van der Waals surface area contributed by atoms with Gasteiger partial charge >= 0.3 is 59.4 Å². The van der Waals surface area contributed by atoms with Crippen molar-refractivity contribution < 1.29 is 30.2 Å². The fourth-order valence-electron chi connectivity index (χ4n) is 1.59. The molecular weight excluding hydrogens is 405 g/mol. The molecule has 0 saturated carbocycles. The maximum atomic E-state index is 8.92.